The Morgan fingerprint density at radius 2 is 1.83 bits per heavy atom. The highest BCUT2D eigenvalue weighted by atomic mass is 35.5. The predicted octanol–water partition coefficient (Wildman–Crippen LogP) is 4.85. The van der Waals surface area contributed by atoms with Gasteiger partial charge in [-0.1, -0.05) is 60.3 Å². The largest absolute Gasteiger partial charge is 0.497 e. The molecule has 1 aliphatic carbocycles. The van der Waals surface area contributed by atoms with Crippen LogP contribution in [0.25, 0.3) is 0 Å². The van der Waals surface area contributed by atoms with E-state index in [-0.39, 0.29) is 18.4 Å². The fraction of sp³-hybridized carbons (Fsp3) is 0.367. The van der Waals surface area contributed by atoms with E-state index in [1.54, 1.807) is 72.8 Å². The molecule has 1 unspecified atom stereocenters. The van der Waals surface area contributed by atoms with Gasteiger partial charge in [0.05, 0.1) is 37.6 Å². The molecule has 42 heavy (non-hydrogen) atoms. The van der Waals surface area contributed by atoms with E-state index in [9.17, 15) is 18.0 Å². The van der Waals surface area contributed by atoms with Crippen molar-refractivity contribution in [2.45, 2.75) is 56.3 Å². The second-order valence-electron chi connectivity index (χ2n) is 10.6. The Kier molecular flexibility index (Phi) is 9.08. The first-order valence-electron chi connectivity index (χ1n) is 13.7. The zero-order valence-electron chi connectivity index (χ0n) is 23.2. The lowest BCUT2D eigenvalue weighted by Crippen LogP contribution is -2.59. The van der Waals surface area contributed by atoms with Gasteiger partial charge in [-0.25, -0.2) is 13.1 Å². The molecule has 0 saturated heterocycles. The Hall–Kier alpha value is -3.18. The summed E-state index contributed by atoms with van der Waals surface area (Å²) in [7, 11) is -2.02. The number of ether oxygens (including phenoxy) is 1. The lowest BCUT2D eigenvalue weighted by Gasteiger charge is -2.49. The summed E-state index contributed by atoms with van der Waals surface area (Å²) in [5.41, 5.74) is 2.11. The number of hydrogen-bond donors (Lipinski definition) is 2. The van der Waals surface area contributed by atoms with E-state index in [1.165, 1.54) is 0 Å². The summed E-state index contributed by atoms with van der Waals surface area (Å²) in [6, 6.07) is 13.6. The molecule has 0 radical (unpaired) electrons. The van der Waals surface area contributed by atoms with Gasteiger partial charge in [0.15, 0.2) is 0 Å². The molecule has 9 nitrogen and oxygen atoms in total. The maximum Gasteiger partial charge on any atom is 0.255 e. The van der Waals surface area contributed by atoms with Crippen molar-refractivity contribution in [3.8, 4) is 5.75 Å². The summed E-state index contributed by atoms with van der Waals surface area (Å²) in [4.78, 5) is 34.5. The van der Waals surface area contributed by atoms with Gasteiger partial charge in [0, 0.05) is 40.0 Å². The van der Waals surface area contributed by atoms with Gasteiger partial charge in [0.25, 0.3) is 5.91 Å². The van der Waals surface area contributed by atoms with E-state index in [0.29, 0.717) is 51.0 Å². The Balaban J connectivity index is 1.63. The van der Waals surface area contributed by atoms with E-state index in [0.717, 1.165) is 19.1 Å². The minimum atomic E-state index is -3.57. The molecule has 3 aromatic rings. The molecule has 12 heteroatoms. The number of methoxy groups -OCH3 is 1. The maximum absolute atomic E-state index is 14.3. The van der Waals surface area contributed by atoms with E-state index in [2.05, 4.69) is 15.0 Å². The number of hydrogen-bond acceptors (Lipinski definition) is 6. The van der Waals surface area contributed by atoms with Crippen LogP contribution in [0.5, 0.6) is 5.75 Å². The molecule has 2 aliphatic rings. The number of carbonyl (C=O) groups excluding carboxylic acids is 2. The number of sulfonamides is 1. The average Bonchev–Trinajstić information content (AvgIpc) is 2.96. The first-order chi connectivity index (χ1) is 20.1. The van der Waals surface area contributed by atoms with Crippen molar-refractivity contribution in [1.82, 2.24) is 19.9 Å². The minimum Gasteiger partial charge on any atom is -0.497 e. The number of aromatic nitrogens is 1. The van der Waals surface area contributed by atoms with Crippen LogP contribution < -0.4 is 14.8 Å². The molecule has 0 bridgehead atoms. The number of fused-ring (bicyclic) bond motifs is 1. The van der Waals surface area contributed by atoms with Crippen molar-refractivity contribution in [2.75, 3.05) is 13.4 Å². The highest BCUT2D eigenvalue weighted by Gasteiger charge is 2.49. The molecule has 1 fully saturated rings. The quantitative estimate of drug-likeness (QED) is 0.367. The Morgan fingerprint density at radius 1 is 1.07 bits per heavy atom. The molecule has 5 rings (SSSR count). The standard InChI is InChI=1S/C30H32Cl2N4O5S/c1-41-20-13-14-33-19(16-20)17-34-29(37)27-21-7-3-4-8-22(21)30(38)36(28(27)23-12-11-18(31)15-24(23)32)26-10-6-5-9-25(26)35-42(2,39)40/h3-4,7-8,11-16,25-28,35H,5-6,9-10,17H2,1-2H3,(H,34,37)/t25-,26?,27+,28-/m0/s1. The molecule has 2 heterocycles. The molecule has 222 valence electrons. The third-order valence-electron chi connectivity index (χ3n) is 7.86. The number of nitrogens with one attached hydrogen (secondary N) is 2. The first kappa shape index (κ1) is 30.3. The summed E-state index contributed by atoms with van der Waals surface area (Å²) in [6.07, 6.45) is 5.45. The third kappa shape index (κ3) is 6.41. The normalized spacial score (nSPS) is 22.4. The highest BCUT2D eigenvalue weighted by molar-refractivity contribution is 7.88. The van der Waals surface area contributed by atoms with Gasteiger partial charge < -0.3 is 15.0 Å². The van der Waals surface area contributed by atoms with Gasteiger partial charge in [-0.2, -0.15) is 0 Å². The lowest BCUT2D eigenvalue weighted by atomic mass is 9.76. The van der Waals surface area contributed by atoms with Gasteiger partial charge in [-0.3, -0.25) is 14.6 Å². The van der Waals surface area contributed by atoms with Crippen LogP contribution in [0, 0.1) is 0 Å². The lowest BCUT2D eigenvalue weighted by molar-refractivity contribution is -0.124. The fourth-order valence-corrected chi connectivity index (χ4v) is 7.44. The zero-order valence-corrected chi connectivity index (χ0v) is 25.5. The molecule has 0 spiro atoms. The van der Waals surface area contributed by atoms with Crippen LogP contribution >= 0.6 is 23.2 Å². The first-order valence-corrected chi connectivity index (χ1v) is 16.3. The monoisotopic (exact) mass is 630 g/mol. The summed E-state index contributed by atoms with van der Waals surface area (Å²) in [5, 5.41) is 3.72. The Morgan fingerprint density at radius 3 is 2.57 bits per heavy atom. The van der Waals surface area contributed by atoms with Crippen molar-refractivity contribution in [3.05, 3.63) is 93.2 Å². The van der Waals surface area contributed by atoms with Gasteiger partial charge >= 0.3 is 0 Å². The zero-order chi connectivity index (χ0) is 30.0. The number of amides is 2. The SMILES string of the molecule is COc1ccnc(CNC(=O)[C@@H]2c3ccccc3C(=O)N(C3CCCC[C@@H]3NS(C)(=O)=O)[C@H]2c2ccc(Cl)cc2Cl)c1. The fourth-order valence-electron chi connectivity index (χ4n) is 6.10. The van der Waals surface area contributed by atoms with Crippen LogP contribution in [0.15, 0.2) is 60.8 Å². The topological polar surface area (TPSA) is 118 Å². The molecule has 1 aromatic heterocycles. The number of carbonyl (C=O) groups is 2. The third-order valence-corrected chi connectivity index (χ3v) is 9.15. The maximum atomic E-state index is 14.3. The summed E-state index contributed by atoms with van der Waals surface area (Å²) in [6.45, 7) is 0.130. The second kappa shape index (κ2) is 12.6. The summed E-state index contributed by atoms with van der Waals surface area (Å²) in [5.74, 6) is -0.859. The summed E-state index contributed by atoms with van der Waals surface area (Å²) >= 11 is 13.0. The summed E-state index contributed by atoms with van der Waals surface area (Å²) < 4.78 is 32.8. The van der Waals surface area contributed by atoms with Crippen molar-refractivity contribution < 1.29 is 22.7 Å². The Bertz CT molecular complexity index is 1600. The van der Waals surface area contributed by atoms with Crippen molar-refractivity contribution >= 4 is 45.0 Å². The van der Waals surface area contributed by atoms with Crippen LogP contribution in [0.4, 0.5) is 0 Å². The minimum absolute atomic E-state index is 0.130. The van der Waals surface area contributed by atoms with Gasteiger partial charge in [0.2, 0.25) is 15.9 Å². The van der Waals surface area contributed by atoms with Crippen LogP contribution in [0.3, 0.4) is 0 Å². The molecular weight excluding hydrogens is 599 g/mol. The van der Waals surface area contributed by atoms with Crippen molar-refractivity contribution in [3.63, 3.8) is 0 Å². The molecule has 2 N–H and O–H groups in total. The highest BCUT2D eigenvalue weighted by Crippen LogP contribution is 2.47. The van der Waals surface area contributed by atoms with E-state index >= 15 is 0 Å². The molecule has 4 atom stereocenters. The van der Waals surface area contributed by atoms with Crippen LogP contribution in [0.2, 0.25) is 10.0 Å². The Labute approximate surface area is 255 Å². The number of rotatable bonds is 8. The van der Waals surface area contributed by atoms with E-state index < -0.39 is 34.1 Å². The molecular formula is C30H32Cl2N4O5S. The van der Waals surface area contributed by atoms with E-state index in [4.69, 9.17) is 27.9 Å². The van der Waals surface area contributed by atoms with Gasteiger partial charge in [-0.05, 0) is 48.2 Å². The number of halogens is 2. The average molecular weight is 632 g/mol. The predicted molar refractivity (Wildman–Crippen MR) is 161 cm³/mol. The van der Waals surface area contributed by atoms with Crippen LogP contribution in [-0.2, 0) is 21.4 Å². The van der Waals surface area contributed by atoms with E-state index in [1.807, 2.05) is 0 Å². The smallest absolute Gasteiger partial charge is 0.255 e. The molecule has 2 amide bonds. The molecule has 2 aromatic carbocycles. The second-order valence-corrected chi connectivity index (χ2v) is 13.3. The van der Waals surface area contributed by atoms with Gasteiger partial charge in [0.1, 0.15) is 5.75 Å². The molecule has 1 aliphatic heterocycles. The van der Waals surface area contributed by atoms with Crippen LogP contribution in [-0.4, -0.2) is 55.6 Å². The number of benzene rings is 2. The number of nitrogens with zero attached hydrogens (tertiary/aromatic N) is 2. The molecule has 1 saturated carbocycles. The van der Waals surface area contributed by atoms with Crippen LogP contribution in [0.1, 0.15) is 64.8 Å². The van der Waals surface area contributed by atoms with Gasteiger partial charge in [-0.15, -0.1) is 0 Å². The van der Waals surface area contributed by atoms with Crippen molar-refractivity contribution in [2.24, 2.45) is 0 Å². The van der Waals surface area contributed by atoms with Crippen molar-refractivity contribution in [1.29, 1.82) is 0 Å². The number of pyridine rings is 1.